The molecule has 6 heteroatoms. The molecule has 0 fully saturated rings. The highest BCUT2D eigenvalue weighted by Crippen LogP contribution is 2.23. The summed E-state index contributed by atoms with van der Waals surface area (Å²) in [6.45, 7) is 3.69. The van der Waals surface area contributed by atoms with Gasteiger partial charge < -0.3 is 14.8 Å². The van der Waals surface area contributed by atoms with Crippen LogP contribution in [0.1, 0.15) is 18.9 Å². The number of hydrogen-bond donors (Lipinski definition) is 1. The molecule has 0 unspecified atom stereocenters. The van der Waals surface area contributed by atoms with Gasteiger partial charge in [-0.1, -0.05) is 24.3 Å². The molecule has 2 rings (SSSR count). The average Bonchev–Trinajstić information content (AvgIpc) is 2.58. The zero-order valence-corrected chi connectivity index (χ0v) is 15.7. The van der Waals surface area contributed by atoms with E-state index < -0.39 is 12.1 Å². The van der Waals surface area contributed by atoms with Gasteiger partial charge in [-0.3, -0.25) is 9.59 Å². The van der Waals surface area contributed by atoms with Gasteiger partial charge in [0.1, 0.15) is 5.75 Å². The molecule has 1 atom stereocenters. The molecule has 0 aliphatic carbocycles. The Morgan fingerprint density at radius 3 is 2.56 bits per heavy atom. The van der Waals surface area contributed by atoms with Crippen molar-refractivity contribution in [2.45, 2.75) is 26.4 Å². The van der Waals surface area contributed by atoms with Gasteiger partial charge >= 0.3 is 5.97 Å². The molecule has 0 aromatic heterocycles. The predicted octanol–water partition coefficient (Wildman–Crippen LogP) is 4.10. The lowest BCUT2D eigenvalue weighted by molar-refractivity contribution is -0.153. The van der Waals surface area contributed by atoms with Crippen LogP contribution in [0.4, 0.5) is 5.69 Å². The van der Waals surface area contributed by atoms with E-state index in [1.54, 1.807) is 18.2 Å². The summed E-state index contributed by atoms with van der Waals surface area (Å²) in [6.07, 6.45) is -0.821. The molecule has 0 spiro atoms. The highest BCUT2D eigenvalue weighted by Gasteiger charge is 2.18. The Morgan fingerprint density at radius 2 is 1.88 bits per heavy atom. The lowest BCUT2D eigenvalue weighted by Crippen LogP contribution is -2.30. The van der Waals surface area contributed by atoms with Crippen molar-refractivity contribution in [1.29, 1.82) is 0 Å². The van der Waals surface area contributed by atoms with E-state index in [2.05, 4.69) is 21.2 Å². The molecule has 0 radical (unpaired) electrons. The van der Waals surface area contributed by atoms with E-state index in [1.165, 1.54) is 6.92 Å². The molecule has 0 saturated heterocycles. The highest BCUT2D eigenvalue weighted by atomic mass is 79.9. The number of amides is 1. The number of aryl methyl sites for hydroxylation is 1. The molecular weight excluding hydrogens is 386 g/mol. The topological polar surface area (TPSA) is 64.6 Å². The monoisotopic (exact) mass is 405 g/mol. The molecular formula is C19H20BrNO4. The van der Waals surface area contributed by atoms with E-state index in [-0.39, 0.29) is 18.9 Å². The number of halogens is 1. The largest absolute Gasteiger partial charge is 0.493 e. The van der Waals surface area contributed by atoms with Gasteiger partial charge in [0.05, 0.1) is 18.7 Å². The number of ether oxygens (including phenoxy) is 2. The van der Waals surface area contributed by atoms with Crippen LogP contribution in [0.2, 0.25) is 0 Å². The van der Waals surface area contributed by atoms with E-state index in [1.807, 2.05) is 37.3 Å². The molecule has 0 heterocycles. The Balaban J connectivity index is 1.77. The first kappa shape index (κ1) is 19.0. The maximum Gasteiger partial charge on any atom is 0.310 e. The second-order valence-corrected chi connectivity index (χ2v) is 6.37. The Hall–Kier alpha value is -2.34. The zero-order valence-electron chi connectivity index (χ0n) is 14.1. The zero-order chi connectivity index (χ0) is 18.2. The highest BCUT2D eigenvalue weighted by molar-refractivity contribution is 9.10. The van der Waals surface area contributed by atoms with E-state index in [9.17, 15) is 9.59 Å². The Kier molecular flexibility index (Phi) is 7.01. The molecule has 0 bridgehead atoms. The number of rotatable bonds is 7. The molecule has 132 valence electrons. The summed E-state index contributed by atoms with van der Waals surface area (Å²) in [5, 5.41) is 2.73. The summed E-state index contributed by atoms with van der Waals surface area (Å²) in [5.74, 6) is -0.186. The molecule has 0 aliphatic heterocycles. The Labute approximate surface area is 155 Å². The third kappa shape index (κ3) is 6.23. The minimum Gasteiger partial charge on any atom is -0.493 e. The summed E-state index contributed by atoms with van der Waals surface area (Å²) >= 11 is 3.39. The predicted molar refractivity (Wildman–Crippen MR) is 99.6 cm³/mol. The number of hydrogen-bond acceptors (Lipinski definition) is 4. The van der Waals surface area contributed by atoms with Gasteiger partial charge in [0.15, 0.2) is 6.10 Å². The first-order valence-corrected chi connectivity index (χ1v) is 8.69. The first-order valence-electron chi connectivity index (χ1n) is 7.90. The smallest absolute Gasteiger partial charge is 0.310 e. The van der Waals surface area contributed by atoms with Gasteiger partial charge in [-0.25, -0.2) is 0 Å². The van der Waals surface area contributed by atoms with Gasteiger partial charge in [-0.2, -0.15) is 0 Å². The van der Waals surface area contributed by atoms with Crippen LogP contribution < -0.4 is 10.1 Å². The lowest BCUT2D eigenvalue weighted by Gasteiger charge is -2.14. The van der Waals surface area contributed by atoms with E-state index >= 15 is 0 Å². The summed E-state index contributed by atoms with van der Waals surface area (Å²) in [5.41, 5.74) is 1.70. The molecule has 25 heavy (non-hydrogen) atoms. The van der Waals surface area contributed by atoms with Crippen molar-refractivity contribution >= 4 is 33.5 Å². The maximum absolute atomic E-state index is 12.1. The van der Waals surface area contributed by atoms with Crippen molar-refractivity contribution < 1.29 is 19.1 Å². The fourth-order valence-electron chi connectivity index (χ4n) is 2.03. The molecule has 0 aliphatic rings. The third-order valence-electron chi connectivity index (χ3n) is 3.38. The van der Waals surface area contributed by atoms with Gasteiger partial charge in [0.2, 0.25) is 0 Å². The van der Waals surface area contributed by atoms with Gasteiger partial charge in [0.25, 0.3) is 5.91 Å². The lowest BCUT2D eigenvalue weighted by atomic mass is 10.2. The average molecular weight is 406 g/mol. The molecule has 2 aromatic rings. The van der Waals surface area contributed by atoms with Crippen molar-refractivity contribution in [2.75, 3.05) is 11.9 Å². The summed E-state index contributed by atoms with van der Waals surface area (Å²) in [7, 11) is 0. The third-order valence-corrected chi connectivity index (χ3v) is 4.03. The van der Waals surface area contributed by atoms with Crippen molar-refractivity contribution in [3.05, 3.63) is 58.6 Å². The maximum atomic E-state index is 12.1. The number of esters is 1. The molecule has 0 saturated carbocycles. The van der Waals surface area contributed by atoms with Crippen LogP contribution in [-0.4, -0.2) is 24.6 Å². The quantitative estimate of drug-likeness (QED) is 0.704. The molecule has 1 amide bonds. The molecule has 1 N–H and O–H groups in total. The van der Waals surface area contributed by atoms with E-state index in [0.717, 1.165) is 10.0 Å². The van der Waals surface area contributed by atoms with Crippen molar-refractivity contribution in [3.8, 4) is 5.75 Å². The van der Waals surface area contributed by atoms with Crippen LogP contribution in [0.3, 0.4) is 0 Å². The van der Waals surface area contributed by atoms with Gasteiger partial charge in [-0.15, -0.1) is 0 Å². The number of anilines is 1. The Bertz CT molecular complexity index is 733. The summed E-state index contributed by atoms with van der Waals surface area (Å²) < 4.78 is 11.3. The molecule has 2 aromatic carbocycles. The number of nitrogens with one attached hydrogen (secondary N) is 1. The summed E-state index contributed by atoms with van der Waals surface area (Å²) in [6, 6.07) is 14.8. The van der Waals surface area contributed by atoms with Gasteiger partial charge in [0, 0.05) is 4.47 Å². The van der Waals surface area contributed by atoms with Crippen LogP contribution in [0.25, 0.3) is 0 Å². The van der Waals surface area contributed by atoms with Crippen molar-refractivity contribution in [3.63, 3.8) is 0 Å². The second kappa shape index (κ2) is 9.22. The number of carbonyl (C=O) groups excluding carboxylic acids is 2. The SMILES string of the molecule is Cc1ccc(NC(=O)[C@H](C)OC(=O)CCOc2ccccc2)c(Br)c1. The van der Waals surface area contributed by atoms with Gasteiger partial charge in [-0.05, 0) is 59.6 Å². The minimum atomic E-state index is -0.891. The van der Waals surface area contributed by atoms with E-state index in [4.69, 9.17) is 9.47 Å². The number of carbonyl (C=O) groups is 2. The first-order chi connectivity index (χ1) is 12.0. The van der Waals surface area contributed by atoms with Crippen LogP contribution in [0.15, 0.2) is 53.0 Å². The number of benzene rings is 2. The van der Waals surface area contributed by atoms with Crippen LogP contribution in [-0.2, 0) is 14.3 Å². The Morgan fingerprint density at radius 1 is 1.16 bits per heavy atom. The van der Waals surface area contributed by atoms with E-state index in [0.29, 0.717) is 11.4 Å². The fourth-order valence-corrected chi connectivity index (χ4v) is 2.63. The summed E-state index contributed by atoms with van der Waals surface area (Å²) in [4.78, 5) is 24.0. The van der Waals surface area contributed by atoms with Crippen LogP contribution >= 0.6 is 15.9 Å². The minimum absolute atomic E-state index is 0.0702. The standard InChI is InChI=1S/C19H20BrNO4/c1-13-8-9-17(16(20)12-13)21-19(23)14(2)25-18(22)10-11-24-15-6-4-3-5-7-15/h3-9,12,14H,10-11H2,1-2H3,(H,21,23)/t14-/m0/s1. The van der Waals surface area contributed by atoms with Crippen molar-refractivity contribution in [1.82, 2.24) is 0 Å². The van der Waals surface area contributed by atoms with Crippen molar-refractivity contribution in [2.24, 2.45) is 0 Å². The second-order valence-electron chi connectivity index (χ2n) is 5.52. The normalized spacial score (nSPS) is 11.5. The van der Waals surface area contributed by atoms with Crippen LogP contribution in [0.5, 0.6) is 5.75 Å². The number of para-hydroxylation sites is 1. The van der Waals surface area contributed by atoms with Crippen LogP contribution in [0, 0.1) is 6.92 Å². The fraction of sp³-hybridized carbons (Fsp3) is 0.263. The molecule has 5 nitrogen and oxygen atoms in total.